The highest BCUT2D eigenvalue weighted by molar-refractivity contribution is 9.08. The molecule has 0 saturated carbocycles. The van der Waals surface area contributed by atoms with Crippen molar-refractivity contribution < 1.29 is 8.42 Å². The molecule has 78 valence electrons. The van der Waals surface area contributed by atoms with Gasteiger partial charge in [0, 0.05) is 11.9 Å². The molecule has 0 spiro atoms. The molecule has 0 aliphatic rings. The lowest BCUT2D eigenvalue weighted by Crippen LogP contribution is -2.21. The van der Waals surface area contributed by atoms with Gasteiger partial charge >= 0.3 is 0 Å². The van der Waals surface area contributed by atoms with E-state index in [0.717, 1.165) is 22.7 Å². The molecule has 1 rings (SSSR count). The van der Waals surface area contributed by atoms with Crippen molar-refractivity contribution in [3.8, 4) is 0 Å². The van der Waals surface area contributed by atoms with Crippen LogP contribution in [0.3, 0.4) is 0 Å². The predicted molar refractivity (Wildman–Crippen MR) is 60.8 cm³/mol. The first kappa shape index (κ1) is 11.7. The molecular formula is C9H12BrNO2S. The van der Waals surface area contributed by atoms with E-state index >= 15 is 0 Å². The van der Waals surface area contributed by atoms with E-state index in [2.05, 4.69) is 20.7 Å². The van der Waals surface area contributed by atoms with Crippen molar-refractivity contribution in [3.05, 3.63) is 35.4 Å². The number of rotatable bonds is 4. The number of nitrogens with one attached hydrogen (secondary N) is 1. The minimum atomic E-state index is -3.10. The van der Waals surface area contributed by atoms with E-state index in [1.165, 1.54) is 0 Å². The van der Waals surface area contributed by atoms with E-state index in [1.807, 2.05) is 24.3 Å². The fraction of sp³-hybridized carbons (Fsp3) is 0.333. The van der Waals surface area contributed by atoms with Gasteiger partial charge in [-0.2, -0.15) is 0 Å². The van der Waals surface area contributed by atoms with E-state index in [9.17, 15) is 8.42 Å². The second kappa shape index (κ2) is 4.91. The highest BCUT2D eigenvalue weighted by Crippen LogP contribution is 2.08. The summed E-state index contributed by atoms with van der Waals surface area (Å²) in [4.78, 5) is 0. The van der Waals surface area contributed by atoms with Crippen LogP contribution in [-0.4, -0.2) is 14.7 Å². The maximum Gasteiger partial charge on any atom is 0.209 e. The molecule has 5 heteroatoms. The standard InChI is InChI=1S/C9H12BrNO2S/c1-14(12,13)11-7-9-4-2-3-8(5-9)6-10/h2-5,11H,6-7H2,1H3. The van der Waals surface area contributed by atoms with E-state index < -0.39 is 10.0 Å². The molecule has 0 heterocycles. The number of hydrogen-bond acceptors (Lipinski definition) is 2. The van der Waals surface area contributed by atoms with Gasteiger partial charge in [0.1, 0.15) is 0 Å². The maximum absolute atomic E-state index is 10.8. The summed E-state index contributed by atoms with van der Waals surface area (Å²) in [6.45, 7) is 0.347. The van der Waals surface area contributed by atoms with Crippen molar-refractivity contribution in [2.45, 2.75) is 11.9 Å². The van der Waals surface area contributed by atoms with Crippen LogP contribution in [-0.2, 0) is 21.9 Å². The van der Waals surface area contributed by atoms with Crippen molar-refractivity contribution >= 4 is 26.0 Å². The Kier molecular flexibility index (Phi) is 4.10. The van der Waals surface area contributed by atoms with Gasteiger partial charge in [-0.05, 0) is 11.1 Å². The molecule has 3 nitrogen and oxygen atoms in total. The normalized spacial score (nSPS) is 11.6. The molecule has 1 aromatic rings. The van der Waals surface area contributed by atoms with Gasteiger partial charge in [-0.1, -0.05) is 40.2 Å². The van der Waals surface area contributed by atoms with Crippen LogP contribution in [0, 0.1) is 0 Å². The number of alkyl halides is 1. The van der Waals surface area contributed by atoms with E-state index in [0.29, 0.717) is 6.54 Å². The zero-order valence-corrected chi connectivity index (χ0v) is 10.2. The van der Waals surface area contributed by atoms with Crippen molar-refractivity contribution in [3.63, 3.8) is 0 Å². The van der Waals surface area contributed by atoms with Crippen molar-refractivity contribution in [2.24, 2.45) is 0 Å². The smallest absolute Gasteiger partial charge is 0.209 e. The van der Waals surface area contributed by atoms with Gasteiger partial charge in [-0.3, -0.25) is 0 Å². The Hall–Kier alpha value is -0.390. The van der Waals surface area contributed by atoms with Crippen LogP contribution in [0.15, 0.2) is 24.3 Å². The highest BCUT2D eigenvalue weighted by atomic mass is 79.9. The van der Waals surface area contributed by atoms with Gasteiger partial charge in [-0.25, -0.2) is 13.1 Å². The minimum absolute atomic E-state index is 0.347. The first-order valence-electron chi connectivity index (χ1n) is 4.09. The highest BCUT2D eigenvalue weighted by Gasteiger charge is 2.00. The summed E-state index contributed by atoms with van der Waals surface area (Å²) in [7, 11) is -3.10. The quantitative estimate of drug-likeness (QED) is 0.851. The first-order valence-corrected chi connectivity index (χ1v) is 7.11. The van der Waals surface area contributed by atoms with Gasteiger partial charge in [0.05, 0.1) is 6.26 Å². The lowest BCUT2D eigenvalue weighted by Gasteiger charge is -2.03. The minimum Gasteiger partial charge on any atom is -0.213 e. The Morgan fingerprint density at radius 3 is 2.57 bits per heavy atom. The second-order valence-electron chi connectivity index (χ2n) is 3.05. The summed E-state index contributed by atoms with van der Waals surface area (Å²) in [5, 5.41) is 0.777. The van der Waals surface area contributed by atoms with Gasteiger partial charge in [-0.15, -0.1) is 0 Å². The van der Waals surface area contributed by atoms with Crippen LogP contribution in [0.4, 0.5) is 0 Å². The molecule has 0 saturated heterocycles. The molecule has 0 aliphatic heterocycles. The molecule has 0 amide bonds. The molecular weight excluding hydrogens is 266 g/mol. The SMILES string of the molecule is CS(=O)(=O)NCc1cccc(CBr)c1. The molecule has 0 unspecified atom stereocenters. The number of sulfonamides is 1. The fourth-order valence-corrected chi connectivity index (χ4v) is 1.81. The average Bonchev–Trinajstić information content (AvgIpc) is 2.14. The second-order valence-corrected chi connectivity index (χ2v) is 5.44. The Balaban J connectivity index is 2.68. The Morgan fingerprint density at radius 2 is 2.00 bits per heavy atom. The van der Waals surface area contributed by atoms with Gasteiger partial charge in [0.25, 0.3) is 0 Å². The molecule has 0 aromatic heterocycles. The van der Waals surface area contributed by atoms with Crippen LogP contribution < -0.4 is 4.72 Å². The molecule has 0 fully saturated rings. The van der Waals surface area contributed by atoms with E-state index in [1.54, 1.807) is 0 Å². The van der Waals surface area contributed by atoms with Crippen LogP contribution in [0.25, 0.3) is 0 Å². The molecule has 1 N–H and O–H groups in total. The Morgan fingerprint density at radius 1 is 1.36 bits per heavy atom. The summed E-state index contributed by atoms with van der Waals surface area (Å²) >= 11 is 3.34. The predicted octanol–water partition coefficient (Wildman–Crippen LogP) is 1.63. The van der Waals surface area contributed by atoms with Crippen molar-refractivity contribution in [1.29, 1.82) is 0 Å². The maximum atomic E-state index is 10.8. The van der Waals surface area contributed by atoms with E-state index in [-0.39, 0.29) is 0 Å². The molecule has 0 aliphatic carbocycles. The topological polar surface area (TPSA) is 46.2 Å². The average molecular weight is 278 g/mol. The molecule has 0 bridgehead atoms. The zero-order valence-electron chi connectivity index (χ0n) is 7.83. The van der Waals surface area contributed by atoms with Crippen LogP contribution >= 0.6 is 15.9 Å². The summed E-state index contributed by atoms with van der Waals surface area (Å²) < 4.78 is 24.1. The molecule has 0 radical (unpaired) electrons. The number of hydrogen-bond donors (Lipinski definition) is 1. The molecule has 1 aromatic carbocycles. The largest absolute Gasteiger partial charge is 0.213 e. The van der Waals surface area contributed by atoms with Gasteiger partial charge in [0.2, 0.25) is 10.0 Å². The Bertz CT molecular complexity index is 403. The molecule has 0 atom stereocenters. The van der Waals surface area contributed by atoms with Gasteiger partial charge < -0.3 is 0 Å². The van der Waals surface area contributed by atoms with Crippen LogP contribution in [0.5, 0.6) is 0 Å². The first-order chi connectivity index (χ1) is 6.51. The zero-order chi connectivity index (χ0) is 10.6. The van der Waals surface area contributed by atoms with E-state index in [4.69, 9.17) is 0 Å². The molecule has 14 heavy (non-hydrogen) atoms. The summed E-state index contributed by atoms with van der Waals surface area (Å²) in [5.41, 5.74) is 2.10. The van der Waals surface area contributed by atoms with Crippen molar-refractivity contribution in [2.75, 3.05) is 6.26 Å². The monoisotopic (exact) mass is 277 g/mol. The lowest BCUT2D eigenvalue weighted by molar-refractivity contribution is 0.587. The van der Waals surface area contributed by atoms with Crippen molar-refractivity contribution in [1.82, 2.24) is 4.72 Å². The third-order valence-corrected chi connectivity index (χ3v) is 3.00. The van der Waals surface area contributed by atoms with Crippen LogP contribution in [0.1, 0.15) is 11.1 Å². The van der Waals surface area contributed by atoms with Gasteiger partial charge in [0.15, 0.2) is 0 Å². The third-order valence-electron chi connectivity index (χ3n) is 1.68. The summed E-state index contributed by atoms with van der Waals surface area (Å²) in [6, 6.07) is 7.76. The number of halogens is 1. The number of benzene rings is 1. The Labute approximate surface area is 92.7 Å². The lowest BCUT2D eigenvalue weighted by atomic mass is 10.1. The summed E-state index contributed by atoms with van der Waals surface area (Å²) in [6.07, 6.45) is 1.15. The third kappa shape index (κ3) is 4.21. The fourth-order valence-electron chi connectivity index (χ4n) is 1.04. The summed E-state index contributed by atoms with van der Waals surface area (Å²) in [5.74, 6) is 0. The van der Waals surface area contributed by atoms with Crippen LogP contribution in [0.2, 0.25) is 0 Å².